The van der Waals surface area contributed by atoms with Gasteiger partial charge in [-0.2, -0.15) is 0 Å². The smallest absolute Gasteiger partial charge is 0.243 e. The molecule has 0 spiro atoms. The molecule has 166 valence electrons. The summed E-state index contributed by atoms with van der Waals surface area (Å²) in [5, 5.41) is 5.44. The minimum absolute atomic E-state index is 0.0203. The lowest BCUT2D eigenvalue weighted by Crippen LogP contribution is -2.56. The number of nitrogens with zero attached hydrogens (tertiary/aromatic N) is 1. The molecule has 4 atom stereocenters. The Bertz CT molecular complexity index is 706. The van der Waals surface area contributed by atoms with Gasteiger partial charge in [-0.25, -0.2) is 0 Å². The van der Waals surface area contributed by atoms with Crippen LogP contribution in [-0.2, 0) is 20.8 Å². The normalized spacial score (nSPS) is 14.6. The Morgan fingerprint density at radius 2 is 1.80 bits per heavy atom. The average molecular weight is 419 g/mol. The maximum atomic E-state index is 12.8. The van der Waals surface area contributed by atoms with Crippen molar-refractivity contribution < 1.29 is 14.4 Å². The van der Waals surface area contributed by atoms with Gasteiger partial charge in [0.15, 0.2) is 5.96 Å². The summed E-state index contributed by atoms with van der Waals surface area (Å²) >= 11 is 0. The van der Waals surface area contributed by atoms with Crippen LogP contribution in [0.25, 0.3) is 0 Å². The van der Waals surface area contributed by atoms with E-state index in [1.165, 1.54) is 0 Å². The van der Waals surface area contributed by atoms with E-state index in [0.29, 0.717) is 38.5 Å². The molecule has 1 aromatic carbocycles. The van der Waals surface area contributed by atoms with Crippen LogP contribution in [0.1, 0.15) is 38.7 Å². The highest BCUT2D eigenvalue weighted by atomic mass is 16.2. The van der Waals surface area contributed by atoms with Crippen molar-refractivity contribution in [2.45, 2.75) is 57.7 Å². The Hall–Kier alpha value is -2.94. The maximum Gasteiger partial charge on any atom is 0.243 e. The molecule has 0 aliphatic carbocycles. The zero-order valence-electron chi connectivity index (χ0n) is 17.7. The van der Waals surface area contributed by atoms with Gasteiger partial charge in [-0.05, 0) is 30.7 Å². The topological polar surface area (TPSA) is 166 Å². The minimum Gasteiger partial charge on any atom is -0.370 e. The lowest BCUT2D eigenvalue weighted by atomic mass is 9.96. The van der Waals surface area contributed by atoms with Crippen molar-refractivity contribution in [3.8, 4) is 0 Å². The summed E-state index contributed by atoms with van der Waals surface area (Å²) in [6, 6.07) is 7.17. The van der Waals surface area contributed by atoms with Gasteiger partial charge in [0.1, 0.15) is 12.3 Å². The molecule has 9 heteroatoms. The number of nitrogens with one attached hydrogen (secondary N) is 2. The first kappa shape index (κ1) is 25.1. The van der Waals surface area contributed by atoms with Crippen LogP contribution in [0.2, 0.25) is 0 Å². The number of carbonyl (C=O) groups is 3. The van der Waals surface area contributed by atoms with Gasteiger partial charge < -0.3 is 32.6 Å². The van der Waals surface area contributed by atoms with E-state index in [2.05, 4.69) is 15.6 Å². The van der Waals surface area contributed by atoms with Crippen molar-refractivity contribution in [2.24, 2.45) is 28.1 Å². The molecule has 0 fully saturated rings. The Labute approximate surface area is 177 Å². The summed E-state index contributed by atoms with van der Waals surface area (Å²) in [5.41, 5.74) is 17.5. The second-order valence-electron chi connectivity index (χ2n) is 7.37. The molecule has 0 bridgehead atoms. The highest BCUT2D eigenvalue weighted by Crippen LogP contribution is 2.10. The van der Waals surface area contributed by atoms with E-state index < -0.39 is 29.9 Å². The Morgan fingerprint density at radius 1 is 1.13 bits per heavy atom. The fraction of sp³-hybridized carbons (Fsp3) is 0.524. The molecule has 0 radical (unpaired) electrons. The van der Waals surface area contributed by atoms with Gasteiger partial charge in [0.2, 0.25) is 11.8 Å². The molecule has 0 aliphatic rings. The van der Waals surface area contributed by atoms with E-state index in [1.807, 2.05) is 44.2 Å². The van der Waals surface area contributed by atoms with Gasteiger partial charge in [-0.3, -0.25) is 14.6 Å². The van der Waals surface area contributed by atoms with Gasteiger partial charge >= 0.3 is 0 Å². The monoisotopic (exact) mass is 418 g/mol. The highest BCUT2D eigenvalue weighted by Gasteiger charge is 2.29. The maximum absolute atomic E-state index is 12.8. The van der Waals surface area contributed by atoms with Crippen LogP contribution in [0.5, 0.6) is 0 Å². The third-order valence-electron chi connectivity index (χ3n) is 4.89. The second-order valence-corrected chi connectivity index (χ2v) is 7.37. The predicted octanol–water partition coefficient (Wildman–Crippen LogP) is -0.175. The molecular formula is C21H34N6O3. The van der Waals surface area contributed by atoms with Crippen molar-refractivity contribution in [2.75, 3.05) is 6.54 Å². The van der Waals surface area contributed by atoms with E-state index in [1.54, 1.807) is 0 Å². The summed E-state index contributed by atoms with van der Waals surface area (Å²) in [7, 11) is 0. The zero-order chi connectivity index (χ0) is 22.5. The molecule has 0 saturated heterocycles. The molecule has 2 amide bonds. The second kappa shape index (κ2) is 13.3. The summed E-state index contributed by atoms with van der Waals surface area (Å²) in [5.74, 6) is -0.974. The van der Waals surface area contributed by atoms with E-state index in [-0.39, 0.29) is 11.9 Å². The third-order valence-corrected chi connectivity index (χ3v) is 4.89. The number of hydrogen-bond donors (Lipinski definition) is 5. The average Bonchev–Trinajstić information content (AvgIpc) is 2.73. The molecule has 30 heavy (non-hydrogen) atoms. The van der Waals surface area contributed by atoms with E-state index in [4.69, 9.17) is 17.2 Å². The number of amides is 2. The van der Waals surface area contributed by atoms with E-state index >= 15 is 0 Å². The van der Waals surface area contributed by atoms with Crippen molar-refractivity contribution in [3.05, 3.63) is 35.9 Å². The number of nitrogens with two attached hydrogens (primary N) is 3. The molecule has 9 nitrogen and oxygen atoms in total. The summed E-state index contributed by atoms with van der Waals surface area (Å²) in [6.07, 6.45) is 2.63. The lowest BCUT2D eigenvalue weighted by Gasteiger charge is -2.26. The molecule has 0 aliphatic heterocycles. The van der Waals surface area contributed by atoms with Crippen molar-refractivity contribution in [3.63, 3.8) is 0 Å². The van der Waals surface area contributed by atoms with Crippen molar-refractivity contribution in [1.82, 2.24) is 10.6 Å². The fourth-order valence-corrected chi connectivity index (χ4v) is 2.89. The van der Waals surface area contributed by atoms with Gasteiger partial charge in [-0.15, -0.1) is 0 Å². The number of benzene rings is 1. The predicted molar refractivity (Wildman–Crippen MR) is 117 cm³/mol. The summed E-state index contributed by atoms with van der Waals surface area (Å²) in [6.45, 7) is 4.15. The molecule has 0 heterocycles. The quantitative estimate of drug-likeness (QED) is 0.129. The van der Waals surface area contributed by atoms with Crippen LogP contribution in [0.3, 0.4) is 0 Å². The van der Waals surface area contributed by atoms with Crippen molar-refractivity contribution in [1.29, 1.82) is 0 Å². The van der Waals surface area contributed by atoms with E-state index in [9.17, 15) is 14.4 Å². The van der Waals surface area contributed by atoms with Crippen LogP contribution in [0.4, 0.5) is 0 Å². The van der Waals surface area contributed by atoms with Crippen LogP contribution in [0, 0.1) is 5.92 Å². The first-order valence-corrected chi connectivity index (χ1v) is 10.2. The molecule has 8 N–H and O–H groups in total. The first-order valence-electron chi connectivity index (χ1n) is 10.2. The molecular weight excluding hydrogens is 384 g/mol. The Balaban J connectivity index is 2.69. The molecule has 1 aromatic rings. The Morgan fingerprint density at radius 3 is 2.37 bits per heavy atom. The molecule has 0 unspecified atom stereocenters. The van der Waals surface area contributed by atoms with E-state index in [0.717, 1.165) is 5.56 Å². The standard InChI is InChI=1S/C21H34N6O3/c1-3-14(2)18(20(30)26-16(13-28)10-7-11-25-21(23)24)27-19(29)17(22)12-15-8-5-4-6-9-15/h4-6,8-9,13-14,16-18H,3,7,10-12,22H2,1-2H3,(H,26,30)(H,27,29)(H4,23,24,25)/t14-,16-,17+,18-/m0/s1. The van der Waals surface area contributed by atoms with Crippen LogP contribution in [-0.4, -0.2) is 48.7 Å². The number of rotatable bonds is 13. The van der Waals surface area contributed by atoms with Crippen LogP contribution >= 0.6 is 0 Å². The third kappa shape index (κ3) is 9.04. The lowest BCUT2D eigenvalue weighted by molar-refractivity contribution is -0.131. The molecule has 0 aromatic heterocycles. The van der Waals surface area contributed by atoms with Crippen molar-refractivity contribution >= 4 is 24.1 Å². The van der Waals surface area contributed by atoms with Gasteiger partial charge in [-0.1, -0.05) is 50.6 Å². The number of guanidine groups is 1. The zero-order valence-corrected chi connectivity index (χ0v) is 17.7. The van der Waals surface area contributed by atoms with Gasteiger partial charge in [0.05, 0.1) is 12.1 Å². The number of hydrogen-bond acceptors (Lipinski definition) is 5. The molecule has 0 saturated carbocycles. The highest BCUT2D eigenvalue weighted by molar-refractivity contribution is 5.91. The van der Waals surface area contributed by atoms with Crippen LogP contribution in [0.15, 0.2) is 35.3 Å². The number of aliphatic imine (C=N–C) groups is 1. The number of aldehydes is 1. The first-order chi connectivity index (χ1) is 14.3. The largest absolute Gasteiger partial charge is 0.370 e. The summed E-state index contributed by atoms with van der Waals surface area (Å²) < 4.78 is 0. The van der Waals surface area contributed by atoms with Gasteiger partial charge in [0, 0.05) is 6.54 Å². The Kier molecular flexibility index (Phi) is 11.1. The van der Waals surface area contributed by atoms with Gasteiger partial charge in [0.25, 0.3) is 0 Å². The number of carbonyl (C=O) groups excluding carboxylic acids is 3. The minimum atomic E-state index is -0.788. The fourth-order valence-electron chi connectivity index (χ4n) is 2.89. The summed E-state index contributed by atoms with van der Waals surface area (Å²) in [4.78, 5) is 40.6. The molecule has 1 rings (SSSR count). The van der Waals surface area contributed by atoms with Crippen LogP contribution < -0.4 is 27.8 Å². The SMILES string of the molecule is CC[C@H](C)[C@H](NC(=O)[C@H](N)Cc1ccccc1)C(=O)N[C@H](C=O)CCCN=C(N)N.